The fourth-order valence-electron chi connectivity index (χ4n) is 3.08. The zero-order valence-corrected chi connectivity index (χ0v) is 14.4. The summed E-state index contributed by atoms with van der Waals surface area (Å²) in [7, 11) is 0. The lowest BCUT2D eigenvalue weighted by Gasteiger charge is -2.31. The number of nitrogens with zero attached hydrogens (tertiary/aromatic N) is 4. The van der Waals surface area contributed by atoms with Gasteiger partial charge < -0.3 is 14.6 Å². The first kappa shape index (κ1) is 16.3. The molecule has 0 amide bonds. The predicted molar refractivity (Wildman–Crippen MR) is 93.9 cm³/mol. The molecule has 0 spiro atoms. The van der Waals surface area contributed by atoms with Gasteiger partial charge in [0.15, 0.2) is 11.0 Å². The summed E-state index contributed by atoms with van der Waals surface area (Å²) in [5.41, 5.74) is 2.84. The van der Waals surface area contributed by atoms with Gasteiger partial charge in [-0.1, -0.05) is 36.9 Å². The van der Waals surface area contributed by atoms with Crippen LogP contribution >= 0.6 is 11.8 Å². The van der Waals surface area contributed by atoms with E-state index in [4.69, 9.17) is 0 Å². The van der Waals surface area contributed by atoms with Gasteiger partial charge in [-0.3, -0.25) is 0 Å². The molecule has 23 heavy (non-hydrogen) atoms. The number of aliphatic hydroxyl groups excluding tert-OH is 1. The number of fused-ring (bicyclic) bond motifs is 1. The molecule has 2 aromatic rings. The number of aryl methyl sites for hydroxylation is 1. The highest BCUT2D eigenvalue weighted by molar-refractivity contribution is 7.99. The molecular formula is C17H24N4OS. The van der Waals surface area contributed by atoms with Crippen molar-refractivity contribution in [1.29, 1.82) is 0 Å². The molecule has 0 atom stereocenters. The number of aliphatic hydroxyl groups is 1. The lowest BCUT2D eigenvalue weighted by atomic mass is 10.0. The highest BCUT2D eigenvalue weighted by Gasteiger charge is 2.17. The SMILES string of the molecule is CCCn1c(CO)nnc1SCCN1CCCc2ccccc21. The van der Waals surface area contributed by atoms with Crippen LogP contribution in [0, 0.1) is 0 Å². The molecule has 1 aliphatic heterocycles. The maximum absolute atomic E-state index is 9.36. The van der Waals surface area contributed by atoms with Gasteiger partial charge in [-0.25, -0.2) is 0 Å². The highest BCUT2D eigenvalue weighted by Crippen LogP contribution is 2.27. The molecule has 0 bridgehead atoms. The molecule has 0 saturated carbocycles. The minimum atomic E-state index is -0.0486. The molecule has 124 valence electrons. The Balaban J connectivity index is 1.61. The van der Waals surface area contributed by atoms with Crippen LogP contribution in [-0.2, 0) is 19.6 Å². The third kappa shape index (κ3) is 3.70. The van der Waals surface area contributed by atoms with Gasteiger partial charge in [-0.15, -0.1) is 10.2 Å². The summed E-state index contributed by atoms with van der Waals surface area (Å²) in [6.07, 6.45) is 3.42. The Bertz CT molecular complexity index is 643. The fourth-order valence-corrected chi connectivity index (χ4v) is 4.03. The molecule has 1 aromatic heterocycles. The largest absolute Gasteiger partial charge is 0.388 e. The highest BCUT2D eigenvalue weighted by atomic mass is 32.2. The van der Waals surface area contributed by atoms with Gasteiger partial charge >= 0.3 is 0 Å². The Morgan fingerprint density at radius 3 is 2.91 bits per heavy atom. The van der Waals surface area contributed by atoms with Crippen LogP contribution in [0.4, 0.5) is 5.69 Å². The van der Waals surface area contributed by atoms with Crippen LogP contribution in [0.25, 0.3) is 0 Å². The van der Waals surface area contributed by atoms with Crippen LogP contribution in [0.1, 0.15) is 31.2 Å². The van der Waals surface area contributed by atoms with Crippen LogP contribution in [0.15, 0.2) is 29.4 Å². The van der Waals surface area contributed by atoms with Crippen LogP contribution < -0.4 is 4.90 Å². The van der Waals surface area contributed by atoms with Gasteiger partial charge in [0.25, 0.3) is 0 Å². The number of anilines is 1. The lowest BCUT2D eigenvalue weighted by Crippen LogP contribution is -2.31. The molecule has 0 aliphatic carbocycles. The van der Waals surface area contributed by atoms with E-state index in [1.807, 2.05) is 4.57 Å². The van der Waals surface area contributed by atoms with Gasteiger partial charge in [0.1, 0.15) is 6.61 Å². The quantitative estimate of drug-likeness (QED) is 0.790. The molecule has 3 rings (SSSR count). The second kappa shape index (κ2) is 7.84. The third-order valence-corrected chi connectivity index (χ3v) is 5.13. The minimum Gasteiger partial charge on any atom is -0.388 e. The van der Waals surface area contributed by atoms with Crippen molar-refractivity contribution in [2.24, 2.45) is 0 Å². The van der Waals surface area contributed by atoms with Crippen LogP contribution in [0.3, 0.4) is 0 Å². The zero-order valence-electron chi connectivity index (χ0n) is 13.6. The zero-order chi connectivity index (χ0) is 16.1. The van der Waals surface area contributed by atoms with Crippen molar-refractivity contribution in [2.75, 3.05) is 23.7 Å². The fraction of sp³-hybridized carbons (Fsp3) is 0.529. The summed E-state index contributed by atoms with van der Waals surface area (Å²) in [5.74, 6) is 1.64. The molecule has 1 aliphatic rings. The Hall–Kier alpha value is -1.53. The van der Waals surface area contributed by atoms with Crippen molar-refractivity contribution in [3.63, 3.8) is 0 Å². The van der Waals surface area contributed by atoms with Crippen molar-refractivity contribution < 1.29 is 5.11 Å². The summed E-state index contributed by atoms with van der Waals surface area (Å²) in [6.45, 7) is 5.07. The van der Waals surface area contributed by atoms with Crippen LogP contribution in [0.2, 0.25) is 0 Å². The number of aromatic nitrogens is 3. The maximum Gasteiger partial charge on any atom is 0.191 e. The molecule has 5 nitrogen and oxygen atoms in total. The first-order valence-electron chi connectivity index (χ1n) is 8.32. The van der Waals surface area contributed by atoms with Crippen molar-refractivity contribution >= 4 is 17.4 Å². The molecule has 6 heteroatoms. The van der Waals surface area contributed by atoms with Crippen molar-refractivity contribution in [3.05, 3.63) is 35.7 Å². The predicted octanol–water partition coefficient (Wildman–Crippen LogP) is 2.73. The van der Waals surface area contributed by atoms with Gasteiger partial charge in [-0.2, -0.15) is 0 Å². The van der Waals surface area contributed by atoms with Gasteiger partial charge in [0.2, 0.25) is 0 Å². The minimum absolute atomic E-state index is 0.0486. The maximum atomic E-state index is 9.36. The molecule has 0 radical (unpaired) electrons. The van der Waals surface area contributed by atoms with Gasteiger partial charge in [0.05, 0.1) is 0 Å². The van der Waals surface area contributed by atoms with E-state index in [9.17, 15) is 5.11 Å². The van der Waals surface area contributed by atoms with Crippen molar-refractivity contribution in [2.45, 2.75) is 44.5 Å². The molecule has 1 aromatic carbocycles. The van der Waals surface area contributed by atoms with E-state index in [1.165, 1.54) is 24.1 Å². The molecule has 1 N–H and O–H groups in total. The first-order valence-corrected chi connectivity index (χ1v) is 9.30. The summed E-state index contributed by atoms with van der Waals surface area (Å²) >= 11 is 1.73. The molecule has 0 unspecified atom stereocenters. The van der Waals surface area contributed by atoms with Crippen molar-refractivity contribution in [1.82, 2.24) is 14.8 Å². The summed E-state index contributed by atoms with van der Waals surface area (Å²) in [6, 6.07) is 8.71. The normalized spacial score (nSPS) is 14.1. The summed E-state index contributed by atoms with van der Waals surface area (Å²) < 4.78 is 2.04. The van der Waals surface area contributed by atoms with Gasteiger partial charge in [-0.05, 0) is 30.9 Å². The summed E-state index contributed by atoms with van der Waals surface area (Å²) in [5, 5.41) is 18.6. The number of rotatable bonds is 7. The second-order valence-electron chi connectivity index (χ2n) is 5.78. The van der Waals surface area contributed by atoms with E-state index in [0.717, 1.165) is 37.0 Å². The van der Waals surface area contributed by atoms with E-state index in [-0.39, 0.29) is 6.61 Å². The Morgan fingerprint density at radius 2 is 2.09 bits per heavy atom. The number of thioether (sulfide) groups is 1. The Kier molecular flexibility index (Phi) is 5.56. The van der Waals surface area contributed by atoms with E-state index in [1.54, 1.807) is 11.8 Å². The Labute approximate surface area is 141 Å². The smallest absolute Gasteiger partial charge is 0.191 e. The number of benzene rings is 1. The monoisotopic (exact) mass is 332 g/mol. The summed E-state index contributed by atoms with van der Waals surface area (Å²) in [4.78, 5) is 2.47. The molecular weight excluding hydrogens is 308 g/mol. The number of para-hydroxylation sites is 1. The Morgan fingerprint density at radius 1 is 1.22 bits per heavy atom. The molecule has 0 fully saturated rings. The van der Waals surface area contributed by atoms with E-state index >= 15 is 0 Å². The average molecular weight is 332 g/mol. The average Bonchev–Trinajstić information content (AvgIpc) is 2.97. The van der Waals surface area contributed by atoms with Gasteiger partial charge in [0, 0.05) is 31.1 Å². The third-order valence-electron chi connectivity index (χ3n) is 4.18. The van der Waals surface area contributed by atoms with Crippen molar-refractivity contribution in [3.8, 4) is 0 Å². The lowest BCUT2D eigenvalue weighted by molar-refractivity contribution is 0.263. The van der Waals surface area contributed by atoms with E-state index in [2.05, 4.69) is 46.3 Å². The number of hydrogen-bond donors (Lipinski definition) is 1. The molecule has 2 heterocycles. The molecule has 0 saturated heterocycles. The standard InChI is InChI=1S/C17H24N4OS/c1-2-9-21-16(13-22)18-19-17(21)23-12-11-20-10-5-7-14-6-3-4-8-15(14)20/h3-4,6,8,22H,2,5,7,9-13H2,1H3. The van der Waals surface area contributed by atoms with Crippen LogP contribution in [-0.4, -0.2) is 38.7 Å². The topological polar surface area (TPSA) is 54.2 Å². The number of hydrogen-bond acceptors (Lipinski definition) is 5. The van der Waals surface area contributed by atoms with E-state index in [0.29, 0.717) is 5.82 Å². The van der Waals surface area contributed by atoms with E-state index < -0.39 is 0 Å². The van der Waals surface area contributed by atoms with Crippen LogP contribution in [0.5, 0.6) is 0 Å². The first-order chi connectivity index (χ1) is 11.3. The second-order valence-corrected chi connectivity index (χ2v) is 6.84.